The second kappa shape index (κ2) is 8.00. The molecule has 2 heterocycles. The third kappa shape index (κ3) is 3.69. The lowest BCUT2D eigenvalue weighted by Gasteiger charge is -2.24. The monoisotopic (exact) mass is 432 g/mol. The standard InChI is InChI=1S/C25H28N4OS/c1-16-11-7-8-12-18(16)23-26-27-24(29(23)6)31-17(2)21(30)15-22-25(3,4)19-13-9-10-14-20(19)28(22)5/h7-15,17H,1-6H3/b22-15+. The van der Waals surface area contributed by atoms with E-state index in [1.165, 1.54) is 17.3 Å². The number of likely N-dealkylation sites (N-methyl/N-ethyl adjacent to an activating group) is 1. The molecule has 3 aromatic rings. The second-order valence-corrected chi connectivity index (χ2v) is 9.88. The normalized spacial score (nSPS) is 17.1. The molecule has 0 saturated carbocycles. The zero-order valence-electron chi connectivity index (χ0n) is 18.9. The van der Waals surface area contributed by atoms with Crippen LogP contribution in [0.2, 0.25) is 0 Å². The predicted molar refractivity (Wildman–Crippen MR) is 127 cm³/mol. The summed E-state index contributed by atoms with van der Waals surface area (Å²) < 4.78 is 1.96. The van der Waals surface area contributed by atoms with Crippen LogP contribution in [0.5, 0.6) is 0 Å². The molecular weight excluding hydrogens is 404 g/mol. The molecule has 4 rings (SSSR count). The molecule has 0 N–H and O–H groups in total. The number of anilines is 1. The van der Waals surface area contributed by atoms with Gasteiger partial charge in [0.2, 0.25) is 0 Å². The van der Waals surface area contributed by atoms with Crippen LogP contribution in [0.3, 0.4) is 0 Å². The van der Waals surface area contributed by atoms with Gasteiger partial charge in [0, 0.05) is 42.5 Å². The number of para-hydroxylation sites is 1. The number of fused-ring (bicyclic) bond motifs is 1. The molecule has 1 aliphatic heterocycles. The summed E-state index contributed by atoms with van der Waals surface area (Å²) in [6.45, 7) is 8.33. The van der Waals surface area contributed by atoms with Crippen molar-refractivity contribution in [2.45, 2.75) is 43.5 Å². The van der Waals surface area contributed by atoms with Gasteiger partial charge in [0.05, 0.1) is 5.25 Å². The molecule has 5 nitrogen and oxygen atoms in total. The Kier molecular flexibility index (Phi) is 5.52. The van der Waals surface area contributed by atoms with Crippen LogP contribution in [0.25, 0.3) is 11.4 Å². The van der Waals surface area contributed by atoms with Gasteiger partial charge in [-0.15, -0.1) is 10.2 Å². The Bertz CT molecular complexity index is 1180. The number of aromatic nitrogens is 3. The fourth-order valence-corrected chi connectivity index (χ4v) is 5.04. The maximum absolute atomic E-state index is 13.1. The summed E-state index contributed by atoms with van der Waals surface area (Å²) >= 11 is 1.44. The van der Waals surface area contributed by atoms with Gasteiger partial charge < -0.3 is 9.47 Å². The minimum atomic E-state index is -0.270. The van der Waals surface area contributed by atoms with Gasteiger partial charge >= 0.3 is 0 Å². The predicted octanol–water partition coefficient (Wildman–Crippen LogP) is 5.15. The second-order valence-electron chi connectivity index (χ2n) is 8.57. The number of rotatable bonds is 5. The van der Waals surface area contributed by atoms with Crippen molar-refractivity contribution in [1.82, 2.24) is 14.8 Å². The lowest BCUT2D eigenvalue weighted by Crippen LogP contribution is -2.25. The number of hydrogen-bond acceptors (Lipinski definition) is 5. The van der Waals surface area contributed by atoms with Crippen LogP contribution in [-0.4, -0.2) is 32.8 Å². The number of hydrogen-bond donors (Lipinski definition) is 0. The van der Waals surface area contributed by atoms with Crippen molar-refractivity contribution < 1.29 is 4.79 Å². The maximum atomic E-state index is 13.1. The van der Waals surface area contributed by atoms with E-state index in [2.05, 4.69) is 60.1 Å². The highest BCUT2D eigenvalue weighted by atomic mass is 32.2. The Hall–Kier alpha value is -2.86. The number of allylic oxidation sites excluding steroid dienone is 2. The highest BCUT2D eigenvalue weighted by Crippen LogP contribution is 2.46. The molecule has 160 valence electrons. The van der Waals surface area contributed by atoms with Gasteiger partial charge in [-0.3, -0.25) is 4.79 Å². The van der Waals surface area contributed by atoms with Crippen molar-refractivity contribution in [3.05, 3.63) is 71.4 Å². The van der Waals surface area contributed by atoms with E-state index in [9.17, 15) is 4.79 Å². The van der Waals surface area contributed by atoms with Gasteiger partial charge in [-0.05, 0) is 31.0 Å². The number of benzene rings is 2. The number of thioether (sulfide) groups is 1. The number of ketones is 1. The number of aryl methyl sites for hydroxylation is 1. The Morgan fingerprint density at radius 2 is 1.74 bits per heavy atom. The Labute approximate surface area is 188 Å². The SMILES string of the molecule is Cc1ccccc1-c1nnc(SC(C)C(=O)/C=C2/N(C)c3ccccc3C2(C)C)n1C. The first-order valence-corrected chi connectivity index (χ1v) is 11.3. The van der Waals surface area contributed by atoms with E-state index < -0.39 is 0 Å². The Morgan fingerprint density at radius 3 is 2.45 bits per heavy atom. The first-order valence-electron chi connectivity index (χ1n) is 10.4. The number of carbonyl (C=O) groups excluding carboxylic acids is 1. The molecule has 0 amide bonds. The van der Waals surface area contributed by atoms with Gasteiger partial charge in [0.15, 0.2) is 16.8 Å². The fraction of sp³-hybridized carbons (Fsp3) is 0.320. The average Bonchev–Trinajstić information content (AvgIpc) is 3.19. The molecule has 0 bridgehead atoms. The highest BCUT2D eigenvalue weighted by molar-refractivity contribution is 8.00. The van der Waals surface area contributed by atoms with Crippen LogP contribution in [0.4, 0.5) is 5.69 Å². The summed E-state index contributed by atoms with van der Waals surface area (Å²) in [4.78, 5) is 15.3. The Morgan fingerprint density at radius 1 is 1.06 bits per heavy atom. The van der Waals surface area contributed by atoms with E-state index in [1.807, 2.05) is 49.9 Å². The topological polar surface area (TPSA) is 51.0 Å². The zero-order chi connectivity index (χ0) is 22.3. The first kappa shape index (κ1) is 21.4. The van der Waals surface area contributed by atoms with E-state index >= 15 is 0 Å². The summed E-state index contributed by atoms with van der Waals surface area (Å²) in [6.07, 6.45) is 1.80. The molecule has 0 aliphatic carbocycles. The van der Waals surface area contributed by atoms with E-state index in [0.29, 0.717) is 0 Å². The van der Waals surface area contributed by atoms with E-state index in [4.69, 9.17) is 0 Å². The largest absolute Gasteiger partial charge is 0.347 e. The molecule has 1 atom stereocenters. The fourth-order valence-electron chi connectivity index (χ4n) is 4.20. The summed E-state index contributed by atoms with van der Waals surface area (Å²) in [5, 5.41) is 9.20. The van der Waals surface area contributed by atoms with Crippen molar-refractivity contribution in [2.24, 2.45) is 7.05 Å². The molecule has 31 heavy (non-hydrogen) atoms. The lowest BCUT2D eigenvalue weighted by molar-refractivity contribution is -0.114. The van der Waals surface area contributed by atoms with Crippen LogP contribution in [0.1, 0.15) is 31.9 Å². The summed E-state index contributed by atoms with van der Waals surface area (Å²) in [5.41, 5.74) is 5.40. The van der Waals surface area contributed by atoms with Gasteiger partial charge in [-0.2, -0.15) is 0 Å². The van der Waals surface area contributed by atoms with Crippen LogP contribution >= 0.6 is 11.8 Å². The third-order valence-electron chi connectivity index (χ3n) is 6.12. The first-order chi connectivity index (χ1) is 14.7. The van der Waals surface area contributed by atoms with Crippen LogP contribution in [0.15, 0.2) is 65.5 Å². The van der Waals surface area contributed by atoms with Crippen molar-refractivity contribution in [1.29, 1.82) is 0 Å². The smallest absolute Gasteiger partial charge is 0.191 e. The molecule has 1 aliphatic rings. The molecule has 2 aromatic carbocycles. The van der Waals surface area contributed by atoms with Crippen molar-refractivity contribution in [2.75, 3.05) is 11.9 Å². The summed E-state index contributed by atoms with van der Waals surface area (Å²) in [6, 6.07) is 16.5. The van der Waals surface area contributed by atoms with Crippen molar-refractivity contribution >= 4 is 23.2 Å². The van der Waals surface area contributed by atoms with Crippen LogP contribution < -0.4 is 4.90 Å². The minimum absolute atomic E-state index is 0.0770. The van der Waals surface area contributed by atoms with E-state index in [-0.39, 0.29) is 16.4 Å². The number of carbonyl (C=O) groups is 1. The van der Waals surface area contributed by atoms with Gasteiger partial charge in [0.1, 0.15) is 0 Å². The molecule has 1 aromatic heterocycles. The van der Waals surface area contributed by atoms with Gasteiger partial charge in [-0.25, -0.2) is 0 Å². The molecule has 0 saturated heterocycles. The third-order valence-corrected chi connectivity index (χ3v) is 7.28. The van der Waals surface area contributed by atoms with Crippen molar-refractivity contribution in [3.63, 3.8) is 0 Å². The molecule has 0 fully saturated rings. The summed E-state index contributed by atoms with van der Waals surface area (Å²) in [5.74, 6) is 0.888. The zero-order valence-corrected chi connectivity index (χ0v) is 19.7. The Balaban J connectivity index is 1.56. The molecule has 6 heteroatoms. The van der Waals surface area contributed by atoms with E-state index in [1.54, 1.807) is 6.08 Å². The highest BCUT2D eigenvalue weighted by Gasteiger charge is 2.38. The van der Waals surface area contributed by atoms with Gasteiger partial charge in [-0.1, -0.05) is 68.1 Å². The molecule has 0 spiro atoms. The molecule has 1 unspecified atom stereocenters. The number of nitrogens with zero attached hydrogens (tertiary/aromatic N) is 4. The maximum Gasteiger partial charge on any atom is 0.191 e. The van der Waals surface area contributed by atoms with Gasteiger partial charge in [0.25, 0.3) is 0 Å². The molecule has 0 radical (unpaired) electrons. The average molecular weight is 433 g/mol. The van der Waals surface area contributed by atoms with Crippen LogP contribution in [-0.2, 0) is 17.3 Å². The molecular formula is C25H28N4OS. The van der Waals surface area contributed by atoms with E-state index in [0.717, 1.165) is 33.5 Å². The summed E-state index contributed by atoms with van der Waals surface area (Å²) in [7, 11) is 3.98. The van der Waals surface area contributed by atoms with Crippen LogP contribution in [0, 0.1) is 6.92 Å². The quantitative estimate of drug-likeness (QED) is 0.412. The minimum Gasteiger partial charge on any atom is -0.347 e. The van der Waals surface area contributed by atoms with Crippen molar-refractivity contribution in [3.8, 4) is 11.4 Å². The lowest BCUT2D eigenvalue weighted by atomic mass is 9.83.